The second-order valence-corrected chi connectivity index (χ2v) is 15.0. The maximum atomic E-state index is 12.5. The summed E-state index contributed by atoms with van der Waals surface area (Å²) in [7, 11) is 1.84. The summed E-state index contributed by atoms with van der Waals surface area (Å²) in [4.78, 5) is 39.2. The highest BCUT2D eigenvalue weighted by molar-refractivity contribution is 5.70. The van der Waals surface area contributed by atoms with Gasteiger partial charge in [0.1, 0.15) is 13.2 Å². The van der Waals surface area contributed by atoms with Crippen molar-refractivity contribution in [3.05, 3.63) is 24.3 Å². The van der Waals surface area contributed by atoms with Gasteiger partial charge in [-0.25, -0.2) is 4.79 Å². The first-order valence-corrected chi connectivity index (χ1v) is 22.3. The third kappa shape index (κ3) is 39.3. The molecule has 54 heavy (non-hydrogen) atoms. The molecule has 0 aromatic rings. The number of carbonyl (C=O) groups is 3. The lowest BCUT2D eigenvalue weighted by Gasteiger charge is -2.19. The van der Waals surface area contributed by atoms with Crippen molar-refractivity contribution in [1.29, 1.82) is 0 Å². The zero-order chi connectivity index (χ0) is 39.6. The van der Waals surface area contributed by atoms with Crippen LogP contribution in [0.1, 0.15) is 194 Å². The average Bonchev–Trinajstić information content (AvgIpc) is 3.15. The number of likely N-dealkylation sites (N-methyl/N-ethyl adjacent to an activating group) is 1. The van der Waals surface area contributed by atoms with Crippen molar-refractivity contribution in [1.82, 2.24) is 10.2 Å². The van der Waals surface area contributed by atoms with Crippen LogP contribution in [0.3, 0.4) is 0 Å². The number of esters is 2. The number of nitrogens with zero attached hydrogens (tertiary/aromatic N) is 1. The highest BCUT2D eigenvalue weighted by atomic mass is 16.6. The third-order valence-electron chi connectivity index (χ3n) is 9.66. The number of nitrogens with one attached hydrogen (secondary N) is 1. The fourth-order valence-corrected chi connectivity index (χ4v) is 6.14. The van der Waals surface area contributed by atoms with E-state index in [0.29, 0.717) is 32.5 Å². The zero-order valence-electron chi connectivity index (χ0n) is 35.3. The molecule has 0 radical (unpaired) electrons. The Morgan fingerprint density at radius 3 is 1.31 bits per heavy atom. The summed E-state index contributed by atoms with van der Waals surface area (Å²) in [6.45, 7) is 5.57. The lowest BCUT2D eigenvalue weighted by atomic mass is 10.1. The molecule has 0 saturated heterocycles. The van der Waals surface area contributed by atoms with E-state index in [1.54, 1.807) is 0 Å². The molecular weight excluding hydrogens is 681 g/mol. The number of carbonyl (C=O) groups excluding carboxylic acids is 3. The molecule has 0 aliphatic rings. The van der Waals surface area contributed by atoms with Crippen LogP contribution in [0.25, 0.3) is 0 Å². The van der Waals surface area contributed by atoms with Crippen LogP contribution in [0.15, 0.2) is 24.3 Å². The first-order valence-electron chi connectivity index (χ1n) is 22.3. The summed E-state index contributed by atoms with van der Waals surface area (Å²) in [6.07, 6.45) is 39.3. The minimum Gasteiger partial charge on any atom is -0.462 e. The molecule has 0 rings (SSSR count). The van der Waals surface area contributed by atoms with Crippen molar-refractivity contribution >= 4 is 18.0 Å². The molecule has 2 N–H and O–H groups in total. The van der Waals surface area contributed by atoms with Crippen molar-refractivity contribution in [3.63, 3.8) is 0 Å². The highest BCUT2D eigenvalue weighted by Gasteiger charge is 2.19. The molecule has 0 heterocycles. The smallest absolute Gasteiger partial charge is 0.407 e. The lowest BCUT2D eigenvalue weighted by Crippen LogP contribution is -2.38. The first kappa shape index (κ1) is 51.6. The van der Waals surface area contributed by atoms with Crippen LogP contribution in [-0.2, 0) is 23.8 Å². The summed E-state index contributed by atoms with van der Waals surface area (Å²) in [5.41, 5.74) is 0. The van der Waals surface area contributed by atoms with Gasteiger partial charge < -0.3 is 29.5 Å². The van der Waals surface area contributed by atoms with Crippen molar-refractivity contribution in [2.45, 2.75) is 200 Å². The quantitative estimate of drug-likeness (QED) is 0.0274. The Hall–Kier alpha value is -2.39. The first-order chi connectivity index (χ1) is 26.4. The molecule has 0 saturated carbocycles. The number of unbranched alkanes of at least 4 members (excludes halogenated alkanes) is 22. The van der Waals surface area contributed by atoms with Gasteiger partial charge in [-0.1, -0.05) is 141 Å². The maximum absolute atomic E-state index is 12.5. The van der Waals surface area contributed by atoms with Crippen LogP contribution in [0.2, 0.25) is 0 Å². The molecular formula is C45H84N2O7. The number of ether oxygens (including phenoxy) is 3. The lowest BCUT2D eigenvalue weighted by molar-refractivity contribution is -0.152. The second kappa shape index (κ2) is 41.8. The molecule has 0 aliphatic heterocycles. The summed E-state index contributed by atoms with van der Waals surface area (Å²) in [5.74, 6) is -0.682. The van der Waals surface area contributed by atoms with Gasteiger partial charge in [-0.15, -0.1) is 0 Å². The summed E-state index contributed by atoms with van der Waals surface area (Å²) >= 11 is 0. The minimum absolute atomic E-state index is 0.0355. The molecule has 9 heteroatoms. The molecule has 0 spiro atoms. The Morgan fingerprint density at radius 2 is 0.926 bits per heavy atom. The van der Waals surface area contributed by atoms with Crippen LogP contribution < -0.4 is 5.32 Å². The van der Waals surface area contributed by atoms with E-state index in [0.717, 1.165) is 64.2 Å². The number of amides is 1. The number of hydrogen-bond donors (Lipinski definition) is 2. The molecule has 0 atom stereocenters. The molecule has 0 fully saturated rings. The van der Waals surface area contributed by atoms with E-state index in [-0.39, 0.29) is 31.8 Å². The summed E-state index contributed by atoms with van der Waals surface area (Å²) < 4.78 is 16.3. The van der Waals surface area contributed by atoms with Gasteiger partial charge in [0.2, 0.25) is 0 Å². The predicted molar refractivity (Wildman–Crippen MR) is 224 cm³/mol. The van der Waals surface area contributed by atoms with Gasteiger partial charge in [-0.05, 0) is 71.3 Å². The number of aliphatic hydroxyl groups is 1. The molecule has 0 aromatic heterocycles. The maximum Gasteiger partial charge on any atom is 0.407 e. The fraction of sp³-hybridized carbons (Fsp3) is 0.844. The molecule has 0 aliphatic carbocycles. The number of alkyl carbamates (subject to hydrolysis) is 1. The molecule has 9 nitrogen and oxygen atoms in total. The minimum atomic E-state index is -0.892. The van der Waals surface area contributed by atoms with Gasteiger partial charge in [0.25, 0.3) is 0 Å². The Labute approximate surface area is 331 Å². The van der Waals surface area contributed by atoms with E-state index in [4.69, 9.17) is 19.3 Å². The van der Waals surface area contributed by atoms with E-state index in [2.05, 4.69) is 43.5 Å². The SMILES string of the molecule is CCCCCCCC/C=C\CCCCCCCC(=O)OCC(COC(=O)CCCCCCC/C=C\CCCCCCCC)OC(=O)NCCN(C)CCO. The number of rotatable bonds is 40. The molecule has 1 amide bonds. The Bertz CT molecular complexity index is 854. The largest absolute Gasteiger partial charge is 0.462 e. The van der Waals surface area contributed by atoms with E-state index in [9.17, 15) is 14.4 Å². The molecule has 316 valence electrons. The topological polar surface area (TPSA) is 114 Å². The second-order valence-electron chi connectivity index (χ2n) is 15.0. The number of hydrogen-bond acceptors (Lipinski definition) is 8. The van der Waals surface area contributed by atoms with Gasteiger partial charge in [-0.2, -0.15) is 0 Å². The van der Waals surface area contributed by atoms with Crippen molar-refractivity contribution in [2.75, 3.05) is 46.5 Å². The van der Waals surface area contributed by atoms with E-state index >= 15 is 0 Å². The van der Waals surface area contributed by atoms with Crippen LogP contribution in [0.5, 0.6) is 0 Å². The van der Waals surface area contributed by atoms with Crippen molar-refractivity contribution in [3.8, 4) is 0 Å². The molecule has 0 unspecified atom stereocenters. The predicted octanol–water partition coefficient (Wildman–Crippen LogP) is 11.2. The molecule has 0 bridgehead atoms. The zero-order valence-corrected chi connectivity index (χ0v) is 35.3. The van der Waals surface area contributed by atoms with Crippen LogP contribution >= 0.6 is 0 Å². The average molecular weight is 765 g/mol. The molecule has 0 aromatic carbocycles. The Balaban J connectivity index is 4.26. The monoisotopic (exact) mass is 765 g/mol. The standard InChI is InChI=1S/C45H84N2O7/c1-4-6-8-10-12-14-16-18-20-22-24-26-28-30-32-34-43(49)52-40-42(54-45(51)46-36-37-47(3)38-39-48)41-53-44(50)35-33-31-29-27-25-23-21-19-17-15-13-11-9-7-5-2/h18-21,42,48H,4-17,22-41H2,1-3H3,(H,46,51)/b20-18-,21-19-. The normalized spacial score (nSPS) is 11.7. The fourth-order valence-electron chi connectivity index (χ4n) is 6.14. The number of allylic oxidation sites excluding steroid dienone is 4. The van der Waals surface area contributed by atoms with E-state index in [1.807, 2.05) is 11.9 Å². The Kier molecular flexibility index (Phi) is 39.9. The summed E-state index contributed by atoms with van der Waals surface area (Å²) in [6, 6.07) is 0. The van der Waals surface area contributed by atoms with Gasteiger partial charge in [0, 0.05) is 32.5 Å². The van der Waals surface area contributed by atoms with Crippen molar-refractivity contribution < 1.29 is 33.7 Å². The van der Waals surface area contributed by atoms with Gasteiger partial charge in [0.05, 0.1) is 6.61 Å². The Morgan fingerprint density at radius 1 is 0.556 bits per heavy atom. The summed E-state index contributed by atoms with van der Waals surface area (Å²) in [5, 5.41) is 11.7. The van der Waals surface area contributed by atoms with E-state index < -0.39 is 12.2 Å². The highest BCUT2D eigenvalue weighted by Crippen LogP contribution is 2.13. The van der Waals surface area contributed by atoms with Crippen molar-refractivity contribution in [2.24, 2.45) is 0 Å². The van der Waals surface area contributed by atoms with Gasteiger partial charge in [0.15, 0.2) is 6.10 Å². The van der Waals surface area contributed by atoms with Gasteiger partial charge >= 0.3 is 18.0 Å². The van der Waals surface area contributed by atoms with Gasteiger partial charge in [-0.3, -0.25) is 9.59 Å². The number of aliphatic hydroxyl groups excluding tert-OH is 1. The third-order valence-corrected chi connectivity index (χ3v) is 9.66. The van der Waals surface area contributed by atoms with E-state index in [1.165, 1.54) is 103 Å². The van der Waals surface area contributed by atoms with Crippen LogP contribution in [0.4, 0.5) is 4.79 Å². The van der Waals surface area contributed by atoms with Crippen LogP contribution in [0, 0.1) is 0 Å². The van der Waals surface area contributed by atoms with Crippen LogP contribution in [-0.4, -0.2) is 80.6 Å².